The highest BCUT2D eigenvalue weighted by Gasteiger charge is 2.26. The average Bonchev–Trinajstić information content (AvgIpc) is 2.55. The largest absolute Gasteiger partial charge is 0.356 e. The number of aliphatic hydroxyl groups excluding tert-OH is 1. The standard InChI is InChI=1S/C10H21NO2/c1-4-10(2,3)13-9(12)11-7-5-6-8-11/h9,12H,4-8H2,1-3H3/t9-/m0/s1. The summed E-state index contributed by atoms with van der Waals surface area (Å²) >= 11 is 0. The van der Waals surface area contributed by atoms with Gasteiger partial charge in [0.1, 0.15) is 0 Å². The molecule has 1 heterocycles. The topological polar surface area (TPSA) is 32.7 Å². The van der Waals surface area contributed by atoms with Gasteiger partial charge in [-0.3, -0.25) is 4.90 Å². The Morgan fingerprint density at radius 2 is 1.92 bits per heavy atom. The lowest BCUT2D eigenvalue weighted by Gasteiger charge is -2.31. The van der Waals surface area contributed by atoms with Crippen LogP contribution in [-0.2, 0) is 4.74 Å². The van der Waals surface area contributed by atoms with Gasteiger partial charge in [0.15, 0.2) is 0 Å². The van der Waals surface area contributed by atoms with Gasteiger partial charge < -0.3 is 9.84 Å². The van der Waals surface area contributed by atoms with Crippen molar-refractivity contribution in [1.29, 1.82) is 0 Å². The first-order valence-electron chi connectivity index (χ1n) is 5.15. The number of aliphatic hydroxyl groups is 1. The minimum atomic E-state index is -0.711. The summed E-state index contributed by atoms with van der Waals surface area (Å²) in [5.41, 5.74) is -0.220. The second kappa shape index (κ2) is 4.40. The lowest BCUT2D eigenvalue weighted by atomic mass is 10.1. The maximum atomic E-state index is 9.72. The molecular weight excluding hydrogens is 166 g/mol. The Bertz CT molecular complexity index is 153. The van der Waals surface area contributed by atoms with E-state index in [9.17, 15) is 5.11 Å². The van der Waals surface area contributed by atoms with Crippen molar-refractivity contribution in [2.45, 2.75) is 52.0 Å². The second-order valence-corrected chi connectivity index (χ2v) is 4.30. The van der Waals surface area contributed by atoms with Crippen LogP contribution >= 0.6 is 0 Å². The highest BCUT2D eigenvalue weighted by molar-refractivity contribution is 4.69. The molecule has 0 spiro atoms. The van der Waals surface area contributed by atoms with Gasteiger partial charge >= 0.3 is 0 Å². The first kappa shape index (κ1) is 11.0. The van der Waals surface area contributed by atoms with E-state index in [2.05, 4.69) is 6.92 Å². The van der Waals surface area contributed by atoms with Gasteiger partial charge in [-0.15, -0.1) is 0 Å². The van der Waals surface area contributed by atoms with Gasteiger partial charge in [-0.25, -0.2) is 0 Å². The highest BCUT2D eigenvalue weighted by atomic mass is 16.6. The molecule has 0 aliphatic carbocycles. The number of likely N-dealkylation sites (tertiary alicyclic amines) is 1. The van der Waals surface area contributed by atoms with E-state index in [1.807, 2.05) is 18.7 Å². The van der Waals surface area contributed by atoms with E-state index in [0.717, 1.165) is 19.5 Å². The van der Waals surface area contributed by atoms with Gasteiger partial charge in [-0.1, -0.05) is 6.92 Å². The third kappa shape index (κ3) is 3.25. The molecular formula is C10H21NO2. The molecule has 0 aromatic rings. The normalized spacial score (nSPS) is 22.2. The van der Waals surface area contributed by atoms with Crippen molar-refractivity contribution in [3.8, 4) is 0 Å². The third-order valence-electron chi connectivity index (χ3n) is 2.73. The molecule has 1 atom stereocenters. The fraction of sp³-hybridized carbons (Fsp3) is 1.00. The number of hydrogen-bond donors (Lipinski definition) is 1. The molecule has 1 N–H and O–H groups in total. The molecule has 0 saturated carbocycles. The van der Waals surface area contributed by atoms with Gasteiger partial charge in [0, 0.05) is 13.1 Å². The number of hydrogen-bond acceptors (Lipinski definition) is 3. The Hall–Kier alpha value is -0.120. The molecule has 1 saturated heterocycles. The molecule has 3 nitrogen and oxygen atoms in total. The molecule has 0 amide bonds. The summed E-state index contributed by atoms with van der Waals surface area (Å²) in [4.78, 5) is 1.98. The summed E-state index contributed by atoms with van der Waals surface area (Å²) in [7, 11) is 0. The zero-order valence-corrected chi connectivity index (χ0v) is 8.92. The molecule has 13 heavy (non-hydrogen) atoms. The van der Waals surface area contributed by atoms with E-state index in [0.29, 0.717) is 0 Å². The predicted molar refractivity (Wildman–Crippen MR) is 52.3 cm³/mol. The van der Waals surface area contributed by atoms with Crippen LogP contribution in [0.2, 0.25) is 0 Å². The molecule has 1 aliphatic heterocycles. The van der Waals surface area contributed by atoms with E-state index >= 15 is 0 Å². The second-order valence-electron chi connectivity index (χ2n) is 4.30. The Kier molecular flexibility index (Phi) is 3.71. The van der Waals surface area contributed by atoms with Gasteiger partial charge in [-0.05, 0) is 33.1 Å². The molecule has 0 radical (unpaired) electrons. The van der Waals surface area contributed by atoms with E-state index in [-0.39, 0.29) is 5.60 Å². The van der Waals surface area contributed by atoms with E-state index in [1.54, 1.807) is 0 Å². The Morgan fingerprint density at radius 1 is 1.38 bits per heavy atom. The minimum Gasteiger partial charge on any atom is -0.356 e. The maximum absolute atomic E-state index is 9.72. The maximum Gasteiger partial charge on any atom is 0.216 e. The van der Waals surface area contributed by atoms with Crippen molar-refractivity contribution >= 4 is 0 Å². The quantitative estimate of drug-likeness (QED) is 0.678. The minimum absolute atomic E-state index is 0.220. The molecule has 78 valence electrons. The summed E-state index contributed by atoms with van der Waals surface area (Å²) in [5, 5.41) is 9.72. The van der Waals surface area contributed by atoms with Crippen LogP contribution in [0.25, 0.3) is 0 Å². The summed E-state index contributed by atoms with van der Waals surface area (Å²) in [6.07, 6.45) is 2.55. The fourth-order valence-electron chi connectivity index (χ4n) is 1.41. The van der Waals surface area contributed by atoms with Crippen LogP contribution in [0.1, 0.15) is 40.0 Å². The van der Waals surface area contributed by atoms with Crippen LogP contribution in [0.3, 0.4) is 0 Å². The van der Waals surface area contributed by atoms with Crippen molar-refractivity contribution in [1.82, 2.24) is 4.90 Å². The summed E-state index contributed by atoms with van der Waals surface area (Å²) in [5.74, 6) is 0. The first-order chi connectivity index (χ1) is 6.05. The van der Waals surface area contributed by atoms with Gasteiger partial charge in [0.2, 0.25) is 6.41 Å². The molecule has 1 rings (SSSR count). The predicted octanol–water partition coefficient (Wildman–Crippen LogP) is 1.56. The van der Waals surface area contributed by atoms with Crippen molar-refractivity contribution in [2.24, 2.45) is 0 Å². The van der Waals surface area contributed by atoms with Crippen LogP contribution in [0.15, 0.2) is 0 Å². The summed E-state index contributed by atoms with van der Waals surface area (Å²) < 4.78 is 5.55. The van der Waals surface area contributed by atoms with Crippen molar-refractivity contribution in [3.63, 3.8) is 0 Å². The lowest BCUT2D eigenvalue weighted by Crippen LogP contribution is -2.41. The molecule has 1 fully saturated rings. The Balaban J connectivity index is 2.35. The molecule has 0 unspecified atom stereocenters. The van der Waals surface area contributed by atoms with Crippen LogP contribution in [0.5, 0.6) is 0 Å². The first-order valence-corrected chi connectivity index (χ1v) is 5.15. The van der Waals surface area contributed by atoms with Crippen molar-refractivity contribution in [2.75, 3.05) is 13.1 Å². The van der Waals surface area contributed by atoms with Crippen molar-refractivity contribution in [3.05, 3.63) is 0 Å². The fourth-order valence-corrected chi connectivity index (χ4v) is 1.41. The van der Waals surface area contributed by atoms with E-state index in [4.69, 9.17) is 4.74 Å². The van der Waals surface area contributed by atoms with Crippen LogP contribution in [0, 0.1) is 0 Å². The highest BCUT2D eigenvalue weighted by Crippen LogP contribution is 2.19. The van der Waals surface area contributed by atoms with Crippen LogP contribution < -0.4 is 0 Å². The zero-order chi connectivity index (χ0) is 9.90. The molecule has 3 heteroatoms. The molecule has 1 aliphatic rings. The van der Waals surface area contributed by atoms with Crippen LogP contribution in [0.4, 0.5) is 0 Å². The zero-order valence-electron chi connectivity index (χ0n) is 8.92. The molecule has 0 aromatic carbocycles. The SMILES string of the molecule is CCC(C)(C)O[C@H](O)N1CCCC1. The average molecular weight is 187 g/mol. The van der Waals surface area contributed by atoms with E-state index in [1.165, 1.54) is 12.8 Å². The summed E-state index contributed by atoms with van der Waals surface area (Å²) in [6.45, 7) is 8.00. The number of rotatable bonds is 4. The van der Waals surface area contributed by atoms with Gasteiger partial charge in [0.05, 0.1) is 5.60 Å². The monoisotopic (exact) mass is 187 g/mol. The Labute approximate surface area is 80.7 Å². The summed E-state index contributed by atoms with van der Waals surface area (Å²) in [6, 6.07) is 0. The third-order valence-corrected chi connectivity index (χ3v) is 2.73. The molecule has 0 aromatic heterocycles. The lowest BCUT2D eigenvalue weighted by molar-refractivity contribution is -0.239. The van der Waals surface area contributed by atoms with Crippen LogP contribution in [-0.4, -0.2) is 35.1 Å². The number of ether oxygens (including phenoxy) is 1. The molecule has 0 bridgehead atoms. The van der Waals surface area contributed by atoms with Gasteiger partial charge in [0.25, 0.3) is 0 Å². The van der Waals surface area contributed by atoms with Gasteiger partial charge in [-0.2, -0.15) is 0 Å². The van der Waals surface area contributed by atoms with Crippen molar-refractivity contribution < 1.29 is 9.84 Å². The van der Waals surface area contributed by atoms with E-state index < -0.39 is 6.41 Å². The Morgan fingerprint density at radius 3 is 2.38 bits per heavy atom. The smallest absolute Gasteiger partial charge is 0.216 e. The number of nitrogens with zero attached hydrogens (tertiary/aromatic N) is 1.